The maximum Gasteiger partial charge on any atom is 0.243 e. The zero-order valence-corrected chi connectivity index (χ0v) is 26.2. The Labute approximate surface area is 258 Å². The highest BCUT2D eigenvalue weighted by molar-refractivity contribution is 7.89. The predicted molar refractivity (Wildman–Crippen MR) is 170 cm³/mol. The van der Waals surface area contributed by atoms with Gasteiger partial charge >= 0.3 is 0 Å². The van der Waals surface area contributed by atoms with Crippen LogP contribution in [-0.2, 0) is 23.0 Å². The van der Waals surface area contributed by atoms with Crippen LogP contribution in [0.15, 0.2) is 84.0 Å². The van der Waals surface area contributed by atoms with Gasteiger partial charge in [-0.25, -0.2) is 8.42 Å². The molecule has 42 heavy (non-hydrogen) atoms. The molecular weight excluding hydrogens is 591 g/mol. The van der Waals surface area contributed by atoms with Crippen LogP contribution in [0.2, 0.25) is 10.0 Å². The zero-order valence-electron chi connectivity index (χ0n) is 23.8. The van der Waals surface area contributed by atoms with E-state index in [1.807, 2.05) is 48.5 Å². The molecule has 0 amide bonds. The number of fused-ring (bicyclic) bond motifs is 1. The van der Waals surface area contributed by atoms with Gasteiger partial charge in [0.2, 0.25) is 10.0 Å². The van der Waals surface area contributed by atoms with Gasteiger partial charge in [0.25, 0.3) is 0 Å². The van der Waals surface area contributed by atoms with Gasteiger partial charge in [-0.1, -0.05) is 53.5 Å². The fraction of sp³-hybridized carbons (Fsp3) is 0.344. The van der Waals surface area contributed by atoms with E-state index in [0.29, 0.717) is 39.3 Å². The van der Waals surface area contributed by atoms with Gasteiger partial charge in [-0.05, 0) is 79.9 Å². The second-order valence-electron chi connectivity index (χ2n) is 10.8. The first kappa shape index (κ1) is 30.7. The van der Waals surface area contributed by atoms with E-state index in [4.69, 9.17) is 27.9 Å². The third-order valence-electron chi connectivity index (χ3n) is 8.08. The van der Waals surface area contributed by atoms with Crippen LogP contribution in [0, 0.1) is 0 Å². The number of nitrogens with zero attached hydrogens (tertiary/aromatic N) is 3. The fourth-order valence-electron chi connectivity index (χ4n) is 5.54. The summed E-state index contributed by atoms with van der Waals surface area (Å²) in [7, 11) is -0.440. The minimum absolute atomic E-state index is 0.263. The summed E-state index contributed by atoms with van der Waals surface area (Å²) in [5.74, 6) is 0.774. The van der Waals surface area contributed by atoms with Crippen molar-refractivity contribution in [2.24, 2.45) is 0 Å². The van der Waals surface area contributed by atoms with Crippen molar-refractivity contribution >= 4 is 44.0 Å². The summed E-state index contributed by atoms with van der Waals surface area (Å²) in [4.78, 5) is 6.85. The number of likely N-dealkylation sites (N-methyl/N-ethyl adjacent to an activating group) is 1. The largest absolute Gasteiger partial charge is 0.497 e. The Hall–Kier alpha value is -2.72. The molecule has 1 aliphatic heterocycles. The molecule has 0 spiro atoms. The van der Waals surface area contributed by atoms with E-state index < -0.39 is 10.0 Å². The molecule has 1 atom stereocenters. The molecule has 1 unspecified atom stereocenters. The molecule has 4 aromatic rings. The Morgan fingerprint density at radius 3 is 2.48 bits per heavy atom. The van der Waals surface area contributed by atoms with Gasteiger partial charge in [-0.15, -0.1) is 0 Å². The van der Waals surface area contributed by atoms with Crippen LogP contribution in [0.1, 0.15) is 24.0 Å². The Kier molecular flexibility index (Phi) is 10.0. The molecule has 10 heteroatoms. The summed E-state index contributed by atoms with van der Waals surface area (Å²) in [6.07, 6.45) is 5.87. The molecule has 0 saturated carbocycles. The van der Waals surface area contributed by atoms with Crippen LogP contribution < -0.4 is 10.1 Å². The van der Waals surface area contributed by atoms with Crippen molar-refractivity contribution in [3.8, 4) is 5.75 Å². The van der Waals surface area contributed by atoms with E-state index in [0.717, 1.165) is 54.7 Å². The number of aromatic nitrogens is 1. The first-order chi connectivity index (χ1) is 20.2. The number of piperidine rings is 1. The van der Waals surface area contributed by atoms with E-state index in [-0.39, 0.29) is 6.04 Å². The monoisotopic (exact) mass is 626 g/mol. The van der Waals surface area contributed by atoms with Crippen LogP contribution in [0.25, 0.3) is 10.8 Å². The molecule has 1 N–H and O–H groups in total. The number of benzene rings is 3. The third kappa shape index (κ3) is 7.25. The smallest absolute Gasteiger partial charge is 0.243 e. The molecule has 1 aromatic heterocycles. The van der Waals surface area contributed by atoms with Crippen molar-refractivity contribution in [3.63, 3.8) is 0 Å². The number of halogens is 2. The maximum atomic E-state index is 14.1. The number of nitrogens with one attached hydrogen (secondary N) is 1. The fourth-order valence-corrected chi connectivity index (χ4v) is 7.42. The summed E-state index contributed by atoms with van der Waals surface area (Å²) in [5, 5.41) is 6.24. The first-order valence-electron chi connectivity index (χ1n) is 14.1. The Morgan fingerprint density at radius 1 is 1.02 bits per heavy atom. The van der Waals surface area contributed by atoms with Gasteiger partial charge in [0, 0.05) is 55.4 Å². The van der Waals surface area contributed by atoms with E-state index >= 15 is 0 Å². The van der Waals surface area contributed by atoms with E-state index in [1.54, 1.807) is 49.1 Å². The van der Waals surface area contributed by atoms with Gasteiger partial charge < -0.3 is 15.0 Å². The quantitative estimate of drug-likeness (QED) is 0.219. The second-order valence-corrected chi connectivity index (χ2v) is 13.6. The van der Waals surface area contributed by atoms with Crippen molar-refractivity contribution < 1.29 is 13.2 Å². The van der Waals surface area contributed by atoms with Crippen LogP contribution in [0.3, 0.4) is 0 Å². The molecule has 1 aliphatic rings. The van der Waals surface area contributed by atoms with Gasteiger partial charge in [0.1, 0.15) is 5.75 Å². The molecule has 222 valence electrons. The van der Waals surface area contributed by atoms with Crippen LogP contribution >= 0.6 is 23.2 Å². The van der Waals surface area contributed by atoms with Crippen LogP contribution in [0.5, 0.6) is 5.75 Å². The van der Waals surface area contributed by atoms with Gasteiger partial charge in [0.15, 0.2) is 0 Å². The summed E-state index contributed by atoms with van der Waals surface area (Å²) in [5.41, 5.74) is 2.16. The lowest BCUT2D eigenvalue weighted by atomic mass is 10.0. The van der Waals surface area contributed by atoms with E-state index in [1.165, 1.54) is 0 Å². The molecule has 1 fully saturated rings. The number of rotatable bonds is 11. The Balaban J connectivity index is 1.30. The highest BCUT2D eigenvalue weighted by Crippen LogP contribution is 2.28. The number of hydrogen-bond acceptors (Lipinski definition) is 6. The first-order valence-corrected chi connectivity index (χ1v) is 16.3. The number of hydrogen-bond donors (Lipinski definition) is 1. The number of sulfonamides is 1. The molecule has 3 aromatic carbocycles. The number of methoxy groups -OCH3 is 1. The summed E-state index contributed by atoms with van der Waals surface area (Å²) < 4.78 is 35.0. The Morgan fingerprint density at radius 2 is 1.76 bits per heavy atom. The molecule has 7 nitrogen and oxygen atoms in total. The minimum Gasteiger partial charge on any atom is -0.497 e. The molecule has 0 bridgehead atoms. The lowest BCUT2D eigenvalue weighted by Gasteiger charge is -2.37. The zero-order chi connectivity index (χ0) is 29.7. The molecule has 5 rings (SSSR count). The number of likely N-dealkylation sites (tertiary alicyclic amines) is 1. The van der Waals surface area contributed by atoms with Crippen molar-refractivity contribution in [3.05, 3.63) is 100 Å². The molecule has 2 heterocycles. The SMILES string of the molecule is COc1ccc(CC(CN2CCC(NCc3ccc(Cl)c(Cl)c3)CC2)N(C)S(=O)(=O)c2cccc3cnccc23)cc1. The molecule has 0 aliphatic carbocycles. The Bertz CT molecular complexity index is 1600. The lowest BCUT2D eigenvalue weighted by molar-refractivity contribution is 0.162. The highest BCUT2D eigenvalue weighted by Gasteiger charge is 2.32. The molecule has 1 saturated heterocycles. The van der Waals surface area contributed by atoms with E-state index in [9.17, 15) is 8.42 Å². The number of pyridine rings is 1. The maximum absolute atomic E-state index is 14.1. The average molecular weight is 628 g/mol. The predicted octanol–water partition coefficient (Wildman–Crippen LogP) is 6.04. The van der Waals surface area contributed by atoms with E-state index in [2.05, 4.69) is 15.2 Å². The molecular formula is C32H36Cl2N4O3S. The topological polar surface area (TPSA) is 74.8 Å². The average Bonchev–Trinajstić information content (AvgIpc) is 3.01. The van der Waals surface area contributed by atoms with Crippen molar-refractivity contribution in [1.29, 1.82) is 0 Å². The van der Waals surface area contributed by atoms with Gasteiger partial charge in [-0.2, -0.15) is 4.31 Å². The van der Waals surface area contributed by atoms with Crippen molar-refractivity contribution in [2.45, 2.75) is 42.8 Å². The van der Waals surface area contributed by atoms with Crippen LogP contribution in [-0.4, -0.2) is 68.5 Å². The van der Waals surface area contributed by atoms with Crippen molar-refractivity contribution in [2.75, 3.05) is 33.8 Å². The number of ether oxygens (including phenoxy) is 1. The second kappa shape index (κ2) is 13.7. The van der Waals surface area contributed by atoms with Crippen molar-refractivity contribution in [1.82, 2.24) is 19.5 Å². The van der Waals surface area contributed by atoms with Crippen LogP contribution in [0.4, 0.5) is 0 Å². The minimum atomic E-state index is -3.78. The normalized spacial score (nSPS) is 15.7. The third-order valence-corrected chi connectivity index (χ3v) is 10.8. The summed E-state index contributed by atoms with van der Waals surface area (Å²) in [6.45, 7) is 3.12. The standard InChI is InChI=1S/C32H36Cl2N4O3S/c1-37(42(39,40)32-5-3-4-25-21-35-15-12-29(25)32)27(18-23-6-9-28(41-2)10-7-23)22-38-16-13-26(14-17-38)36-20-24-8-11-30(33)31(34)19-24/h3-12,15,19,21,26-27,36H,13-14,16-18,20,22H2,1-2H3. The highest BCUT2D eigenvalue weighted by atomic mass is 35.5. The lowest BCUT2D eigenvalue weighted by Crippen LogP contribution is -2.50. The van der Waals surface area contributed by atoms with Gasteiger partial charge in [0.05, 0.1) is 22.1 Å². The summed E-state index contributed by atoms with van der Waals surface area (Å²) in [6, 6.07) is 20.8. The molecule has 0 radical (unpaired) electrons. The summed E-state index contributed by atoms with van der Waals surface area (Å²) >= 11 is 12.2. The van der Waals surface area contributed by atoms with Gasteiger partial charge in [-0.3, -0.25) is 4.98 Å².